The molecule has 0 spiro atoms. The van der Waals surface area contributed by atoms with E-state index in [0.29, 0.717) is 5.11 Å². The Balaban J connectivity index is 1.72. The number of nitrogens with zero attached hydrogens (tertiary/aromatic N) is 1. The Morgan fingerprint density at radius 1 is 1.00 bits per heavy atom. The zero-order valence-electron chi connectivity index (χ0n) is 13.5. The third kappa shape index (κ3) is 3.59. The largest absolute Gasteiger partial charge is 0.331 e. The van der Waals surface area contributed by atoms with Gasteiger partial charge in [-0.15, -0.1) is 0 Å². The summed E-state index contributed by atoms with van der Waals surface area (Å²) >= 11 is 5.39. The van der Waals surface area contributed by atoms with Crippen LogP contribution in [0.15, 0.2) is 47.6 Å². The maximum Gasteiger partial charge on any atom is 0.191 e. The minimum absolute atomic E-state index is 0.526. The summed E-state index contributed by atoms with van der Waals surface area (Å²) in [7, 11) is 0. The first kappa shape index (κ1) is 15.7. The fourth-order valence-electron chi connectivity index (χ4n) is 2.99. The van der Waals surface area contributed by atoms with E-state index in [1.807, 2.05) is 6.07 Å². The molecule has 2 aromatic carbocycles. The Morgan fingerprint density at radius 3 is 2.52 bits per heavy atom. The van der Waals surface area contributed by atoms with E-state index in [2.05, 4.69) is 66.1 Å². The van der Waals surface area contributed by atoms with E-state index in [1.54, 1.807) is 0 Å². The summed E-state index contributed by atoms with van der Waals surface area (Å²) in [6.07, 6.45) is 3.24. The highest BCUT2D eigenvalue weighted by atomic mass is 32.1. The highest BCUT2D eigenvalue weighted by Crippen LogP contribution is 2.21. The number of thiocarbonyl (C=S) groups is 1. The van der Waals surface area contributed by atoms with Gasteiger partial charge in [-0.2, -0.15) is 5.10 Å². The van der Waals surface area contributed by atoms with E-state index >= 15 is 0 Å². The molecule has 0 saturated carbocycles. The van der Waals surface area contributed by atoms with Crippen molar-refractivity contribution in [2.24, 2.45) is 5.10 Å². The van der Waals surface area contributed by atoms with Crippen LogP contribution in [0.1, 0.15) is 35.1 Å². The molecule has 23 heavy (non-hydrogen) atoms. The maximum absolute atomic E-state index is 5.39. The highest BCUT2D eigenvalue weighted by Gasteiger charge is 2.14. The van der Waals surface area contributed by atoms with Crippen LogP contribution >= 0.6 is 12.2 Å². The van der Waals surface area contributed by atoms with Crippen molar-refractivity contribution in [1.82, 2.24) is 5.43 Å². The zero-order valence-corrected chi connectivity index (χ0v) is 14.3. The van der Waals surface area contributed by atoms with Crippen molar-refractivity contribution in [2.45, 2.75) is 33.1 Å². The molecule has 2 aromatic rings. The molecule has 2 N–H and O–H groups in total. The van der Waals surface area contributed by atoms with Crippen molar-refractivity contribution in [2.75, 3.05) is 5.32 Å². The van der Waals surface area contributed by atoms with E-state index < -0.39 is 0 Å². The van der Waals surface area contributed by atoms with E-state index in [1.165, 1.54) is 22.3 Å². The summed E-state index contributed by atoms with van der Waals surface area (Å²) in [5, 5.41) is 8.32. The van der Waals surface area contributed by atoms with Crippen molar-refractivity contribution >= 4 is 28.7 Å². The molecular weight excluding hydrogens is 302 g/mol. The van der Waals surface area contributed by atoms with Gasteiger partial charge in [-0.1, -0.05) is 42.5 Å². The lowest BCUT2D eigenvalue weighted by Gasteiger charge is -2.18. The molecule has 4 heteroatoms. The second-order valence-electron chi connectivity index (χ2n) is 5.90. The summed E-state index contributed by atoms with van der Waals surface area (Å²) in [6.45, 7) is 4.14. The van der Waals surface area contributed by atoms with Gasteiger partial charge in [0.15, 0.2) is 5.11 Å². The summed E-state index contributed by atoms with van der Waals surface area (Å²) in [4.78, 5) is 0. The Hall–Kier alpha value is -2.20. The van der Waals surface area contributed by atoms with Gasteiger partial charge in [0, 0.05) is 11.3 Å². The monoisotopic (exact) mass is 323 g/mol. The Bertz CT molecular complexity index is 745. The standard InChI is InChI=1S/C19H21N3S/c1-13-7-5-8-14(2)18(13)20-19(23)22-21-17-12-6-10-15-9-3-4-11-16(15)17/h3-5,7-9,11H,6,10,12H2,1-2H3,(H2,20,22,23). The van der Waals surface area contributed by atoms with Crippen molar-refractivity contribution in [3.8, 4) is 0 Å². The number of aryl methyl sites for hydroxylation is 3. The maximum atomic E-state index is 5.39. The summed E-state index contributed by atoms with van der Waals surface area (Å²) < 4.78 is 0. The Labute approximate surface area is 142 Å². The first-order valence-electron chi connectivity index (χ1n) is 7.93. The number of benzene rings is 2. The predicted octanol–water partition coefficient (Wildman–Crippen LogP) is 4.33. The smallest absolute Gasteiger partial charge is 0.191 e. The normalized spacial score (nSPS) is 15.1. The molecule has 0 atom stereocenters. The van der Waals surface area contributed by atoms with Crippen molar-refractivity contribution < 1.29 is 0 Å². The fourth-order valence-corrected chi connectivity index (χ4v) is 3.14. The van der Waals surface area contributed by atoms with Gasteiger partial charge in [0.25, 0.3) is 0 Å². The Morgan fingerprint density at radius 2 is 1.74 bits per heavy atom. The molecule has 1 aliphatic carbocycles. The highest BCUT2D eigenvalue weighted by molar-refractivity contribution is 7.80. The number of hydrogen-bond donors (Lipinski definition) is 2. The topological polar surface area (TPSA) is 36.4 Å². The predicted molar refractivity (Wildman–Crippen MR) is 101 cm³/mol. The van der Waals surface area contributed by atoms with Crippen LogP contribution in [0.25, 0.3) is 0 Å². The lowest BCUT2D eigenvalue weighted by Crippen LogP contribution is -2.27. The molecular formula is C19H21N3S. The fraction of sp³-hybridized carbons (Fsp3) is 0.263. The zero-order chi connectivity index (χ0) is 16.2. The lowest BCUT2D eigenvalue weighted by molar-refractivity contribution is 0.828. The summed E-state index contributed by atoms with van der Waals surface area (Å²) in [5.74, 6) is 0. The molecule has 0 heterocycles. The molecule has 0 fully saturated rings. The van der Waals surface area contributed by atoms with Crippen LogP contribution in [0.5, 0.6) is 0 Å². The van der Waals surface area contributed by atoms with Crippen LogP contribution in [0.2, 0.25) is 0 Å². The number of fused-ring (bicyclic) bond motifs is 1. The van der Waals surface area contributed by atoms with Gasteiger partial charge in [0.1, 0.15) is 0 Å². The molecule has 0 unspecified atom stereocenters. The third-order valence-electron chi connectivity index (χ3n) is 4.20. The lowest BCUT2D eigenvalue weighted by atomic mass is 9.90. The second kappa shape index (κ2) is 6.92. The molecule has 118 valence electrons. The average Bonchev–Trinajstić information content (AvgIpc) is 2.56. The minimum Gasteiger partial charge on any atom is -0.331 e. The van der Waals surface area contributed by atoms with Gasteiger partial charge in [0.05, 0.1) is 5.71 Å². The van der Waals surface area contributed by atoms with Crippen LogP contribution in [-0.2, 0) is 6.42 Å². The summed E-state index contributed by atoms with van der Waals surface area (Å²) in [6, 6.07) is 14.7. The molecule has 0 aromatic heterocycles. The quantitative estimate of drug-likeness (QED) is 0.638. The molecule has 0 radical (unpaired) electrons. The van der Waals surface area contributed by atoms with Gasteiger partial charge in [-0.25, -0.2) is 0 Å². The molecule has 3 rings (SSSR count). The number of hydrazone groups is 1. The van der Waals surface area contributed by atoms with Crippen molar-refractivity contribution in [1.29, 1.82) is 0 Å². The van der Waals surface area contributed by atoms with E-state index in [-0.39, 0.29) is 0 Å². The van der Waals surface area contributed by atoms with Gasteiger partial charge < -0.3 is 5.32 Å². The van der Waals surface area contributed by atoms with Gasteiger partial charge in [-0.05, 0) is 62.0 Å². The number of para-hydroxylation sites is 1. The molecule has 3 nitrogen and oxygen atoms in total. The number of nitrogens with one attached hydrogen (secondary N) is 2. The van der Waals surface area contributed by atoms with E-state index in [0.717, 1.165) is 30.7 Å². The third-order valence-corrected chi connectivity index (χ3v) is 4.39. The SMILES string of the molecule is Cc1cccc(C)c1NC(=S)NN=C1CCCc2ccccc21. The van der Waals surface area contributed by atoms with E-state index in [9.17, 15) is 0 Å². The van der Waals surface area contributed by atoms with Crippen LogP contribution in [0, 0.1) is 13.8 Å². The van der Waals surface area contributed by atoms with Crippen molar-refractivity contribution in [3.63, 3.8) is 0 Å². The van der Waals surface area contributed by atoms with Gasteiger partial charge in [0.2, 0.25) is 0 Å². The molecule has 0 saturated heterocycles. The number of rotatable bonds is 2. The Kier molecular flexibility index (Phi) is 4.72. The van der Waals surface area contributed by atoms with Crippen LogP contribution in [0.3, 0.4) is 0 Å². The summed E-state index contributed by atoms with van der Waals surface area (Å²) in [5.41, 5.74) is 10.1. The van der Waals surface area contributed by atoms with Gasteiger partial charge in [-0.3, -0.25) is 5.43 Å². The second-order valence-corrected chi connectivity index (χ2v) is 6.31. The van der Waals surface area contributed by atoms with Gasteiger partial charge >= 0.3 is 0 Å². The van der Waals surface area contributed by atoms with Crippen LogP contribution in [-0.4, -0.2) is 10.8 Å². The molecule has 0 aliphatic heterocycles. The first-order chi connectivity index (χ1) is 11.1. The molecule has 0 bridgehead atoms. The minimum atomic E-state index is 0.526. The van der Waals surface area contributed by atoms with Crippen LogP contribution in [0.4, 0.5) is 5.69 Å². The molecule has 0 amide bonds. The number of anilines is 1. The average molecular weight is 323 g/mol. The van der Waals surface area contributed by atoms with Crippen LogP contribution < -0.4 is 10.7 Å². The van der Waals surface area contributed by atoms with Crippen molar-refractivity contribution in [3.05, 3.63) is 64.7 Å². The number of hydrogen-bond acceptors (Lipinski definition) is 2. The first-order valence-corrected chi connectivity index (χ1v) is 8.34. The molecule has 1 aliphatic rings. The van der Waals surface area contributed by atoms with E-state index in [4.69, 9.17) is 12.2 Å².